The summed E-state index contributed by atoms with van der Waals surface area (Å²) in [5.74, 6) is 1.65. The molecular formula is C20H20N8O. The van der Waals surface area contributed by atoms with Gasteiger partial charge in [-0.15, -0.1) is 0 Å². The molecule has 0 aliphatic heterocycles. The summed E-state index contributed by atoms with van der Waals surface area (Å²) in [7, 11) is 0. The maximum Gasteiger partial charge on any atom is 0.257 e. The first-order chi connectivity index (χ1) is 14.1. The van der Waals surface area contributed by atoms with Crippen LogP contribution in [0.1, 0.15) is 22.7 Å². The summed E-state index contributed by atoms with van der Waals surface area (Å²) in [5.41, 5.74) is 6.65. The van der Waals surface area contributed by atoms with Gasteiger partial charge in [0.1, 0.15) is 5.76 Å². The molecule has 0 aliphatic rings. The van der Waals surface area contributed by atoms with Crippen LogP contribution in [0, 0.1) is 20.8 Å². The smallest absolute Gasteiger partial charge is 0.257 e. The van der Waals surface area contributed by atoms with E-state index >= 15 is 0 Å². The molecule has 3 aromatic heterocycles. The fourth-order valence-electron chi connectivity index (χ4n) is 2.68. The number of anilines is 3. The van der Waals surface area contributed by atoms with Gasteiger partial charge in [-0.2, -0.15) is 25.2 Å². The van der Waals surface area contributed by atoms with E-state index in [1.54, 1.807) is 29.3 Å². The van der Waals surface area contributed by atoms with Crippen molar-refractivity contribution in [2.24, 2.45) is 5.10 Å². The molecule has 0 bridgehead atoms. The second kappa shape index (κ2) is 7.93. The molecule has 4 rings (SSSR count). The van der Waals surface area contributed by atoms with Crippen LogP contribution >= 0.6 is 0 Å². The number of hydrogen-bond acceptors (Lipinski definition) is 8. The van der Waals surface area contributed by atoms with Crippen molar-refractivity contribution in [2.45, 2.75) is 20.8 Å². The molecule has 1 aromatic carbocycles. The Hall–Kier alpha value is -4.01. The maximum atomic E-state index is 5.23. The van der Waals surface area contributed by atoms with E-state index in [2.05, 4.69) is 35.9 Å². The van der Waals surface area contributed by atoms with Gasteiger partial charge in [0.15, 0.2) is 0 Å². The predicted molar refractivity (Wildman–Crippen MR) is 111 cm³/mol. The third-order valence-corrected chi connectivity index (χ3v) is 4.03. The zero-order chi connectivity index (χ0) is 20.2. The standard InChI is InChI=1S/C20H20N8O/c1-13-6-8-16(9-7-13)22-18-23-19(26-21-12-17-5-4-10-29-17)25-20(24-18)28-15(3)11-14(2)27-28/h4-12H,1-3H3,(H2,22,23,24,25,26)/b21-12-. The van der Waals surface area contributed by atoms with Crippen LogP contribution in [0.3, 0.4) is 0 Å². The highest BCUT2D eigenvalue weighted by Crippen LogP contribution is 2.17. The van der Waals surface area contributed by atoms with E-state index in [1.165, 1.54) is 5.56 Å². The highest BCUT2D eigenvalue weighted by atomic mass is 16.3. The molecule has 0 fully saturated rings. The van der Waals surface area contributed by atoms with Crippen molar-refractivity contribution in [2.75, 3.05) is 10.7 Å². The normalized spacial score (nSPS) is 11.1. The molecular weight excluding hydrogens is 368 g/mol. The number of nitrogens with zero attached hydrogens (tertiary/aromatic N) is 6. The van der Waals surface area contributed by atoms with Crippen molar-refractivity contribution in [3.63, 3.8) is 0 Å². The lowest BCUT2D eigenvalue weighted by Crippen LogP contribution is -2.11. The molecule has 0 saturated carbocycles. The molecule has 0 unspecified atom stereocenters. The molecule has 0 radical (unpaired) electrons. The number of aryl methyl sites for hydroxylation is 3. The number of nitrogens with one attached hydrogen (secondary N) is 2. The molecule has 0 amide bonds. The number of hydrogen-bond donors (Lipinski definition) is 2. The van der Waals surface area contributed by atoms with E-state index < -0.39 is 0 Å². The van der Waals surface area contributed by atoms with Crippen LogP contribution in [0.25, 0.3) is 5.95 Å². The van der Waals surface area contributed by atoms with Crippen molar-refractivity contribution < 1.29 is 4.42 Å². The molecule has 0 atom stereocenters. The van der Waals surface area contributed by atoms with Crippen molar-refractivity contribution in [3.05, 3.63) is 71.4 Å². The van der Waals surface area contributed by atoms with Crippen LogP contribution in [-0.2, 0) is 0 Å². The highest BCUT2D eigenvalue weighted by Gasteiger charge is 2.12. The van der Waals surface area contributed by atoms with E-state index in [9.17, 15) is 0 Å². The third-order valence-electron chi connectivity index (χ3n) is 4.03. The van der Waals surface area contributed by atoms with E-state index in [0.29, 0.717) is 17.7 Å². The van der Waals surface area contributed by atoms with Gasteiger partial charge in [-0.3, -0.25) is 0 Å². The average Bonchev–Trinajstić information content (AvgIpc) is 3.33. The summed E-state index contributed by atoms with van der Waals surface area (Å²) < 4.78 is 6.89. The Morgan fingerprint density at radius 2 is 1.79 bits per heavy atom. The molecule has 0 saturated heterocycles. The molecule has 3 heterocycles. The largest absolute Gasteiger partial charge is 0.463 e. The minimum atomic E-state index is 0.278. The lowest BCUT2D eigenvalue weighted by atomic mass is 10.2. The Labute approximate surface area is 167 Å². The Balaban J connectivity index is 1.66. The molecule has 146 valence electrons. The quantitative estimate of drug-likeness (QED) is 0.382. The monoisotopic (exact) mass is 388 g/mol. The second-order valence-electron chi connectivity index (χ2n) is 6.50. The Kier molecular flexibility index (Phi) is 5.02. The summed E-state index contributed by atoms with van der Waals surface area (Å²) in [6, 6.07) is 13.5. The maximum absolute atomic E-state index is 5.23. The molecule has 29 heavy (non-hydrogen) atoms. The first kappa shape index (κ1) is 18.4. The summed E-state index contributed by atoms with van der Waals surface area (Å²) in [6.45, 7) is 5.90. The van der Waals surface area contributed by atoms with Gasteiger partial charge in [-0.25, -0.2) is 10.1 Å². The number of benzene rings is 1. The van der Waals surface area contributed by atoms with Gasteiger partial charge < -0.3 is 9.73 Å². The van der Waals surface area contributed by atoms with Gasteiger partial charge in [-0.05, 0) is 51.1 Å². The second-order valence-corrected chi connectivity index (χ2v) is 6.50. The average molecular weight is 388 g/mol. The van der Waals surface area contributed by atoms with Crippen LogP contribution in [0.15, 0.2) is 58.2 Å². The van der Waals surface area contributed by atoms with Crippen molar-refractivity contribution in [1.82, 2.24) is 24.7 Å². The third kappa shape index (κ3) is 4.46. The van der Waals surface area contributed by atoms with Crippen LogP contribution in [0.5, 0.6) is 0 Å². The molecule has 9 heteroatoms. The van der Waals surface area contributed by atoms with Gasteiger partial charge in [0.05, 0.1) is 18.2 Å². The summed E-state index contributed by atoms with van der Waals surface area (Å²) in [5, 5.41) is 11.8. The van der Waals surface area contributed by atoms with Gasteiger partial charge in [-0.1, -0.05) is 17.7 Å². The van der Waals surface area contributed by atoms with E-state index in [4.69, 9.17) is 4.42 Å². The van der Waals surface area contributed by atoms with Crippen LogP contribution in [0.2, 0.25) is 0 Å². The van der Waals surface area contributed by atoms with E-state index in [0.717, 1.165) is 17.1 Å². The number of aromatic nitrogens is 5. The summed E-state index contributed by atoms with van der Waals surface area (Å²) in [4.78, 5) is 13.3. The van der Waals surface area contributed by atoms with Crippen molar-refractivity contribution in [1.29, 1.82) is 0 Å². The molecule has 9 nitrogen and oxygen atoms in total. The Bertz CT molecular complexity index is 1130. The first-order valence-electron chi connectivity index (χ1n) is 9.03. The van der Waals surface area contributed by atoms with Crippen LogP contribution in [-0.4, -0.2) is 30.9 Å². The van der Waals surface area contributed by atoms with Crippen LogP contribution < -0.4 is 10.7 Å². The number of hydrazone groups is 1. The number of furan rings is 1. The van der Waals surface area contributed by atoms with Crippen molar-refractivity contribution in [3.8, 4) is 5.95 Å². The topological polar surface area (TPSA) is 106 Å². The molecule has 2 N–H and O–H groups in total. The fourth-order valence-corrected chi connectivity index (χ4v) is 2.68. The van der Waals surface area contributed by atoms with Crippen molar-refractivity contribution >= 4 is 23.8 Å². The van der Waals surface area contributed by atoms with E-state index in [1.807, 2.05) is 51.1 Å². The number of rotatable bonds is 6. The Morgan fingerprint density at radius 1 is 1.00 bits per heavy atom. The SMILES string of the molecule is Cc1ccc(Nc2nc(N/N=C\c3ccco3)nc(-n3nc(C)cc3C)n2)cc1. The van der Waals surface area contributed by atoms with Gasteiger partial charge in [0, 0.05) is 11.4 Å². The van der Waals surface area contributed by atoms with Gasteiger partial charge in [0.2, 0.25) is 11.9 Å². The zero-order valence-corrected chi connectivity index (χ0v) is 16.3. The fraction of sp³-hybridized carbons (Fsp3) is 0.150. The van der Waals surface area contributed by atoms with Crippen LogP contribution in [0.4, 0.5) is 17.6 Å². The highest BCUT2D eigenvalue weighted by molar-refractivity contribution is 5.76. The minimum absolute atomic E-state index is 0.278. The summed E-state index contributed by atoms with van der Waals surface area (Å²) >= 11 is 0. The van der Waals surface area contributed by atoms with Gasteiger partial charge in [0.25, 0.3) is 5.95 Å². The lowest BCUT2D eigenvalue weighted by Gasteiger charge is -2.09. The molecule has 0 aliphatic carbocycles. The zero-order valence-electron chi connectivity index (χ0n) is 16.3. The summed E-state index contributed by atoms with van der Waals surface area (Å²) in [6.07, 6.45) is 3.12. The molecule has 0 spiro atoms. The predicted octanol–water partition coefficient (Wildman–Crippen LogP) is 3.77. The minimum Gasteiger partial charge on any atom is -0.463 e. The van der Waals surface area contributed by atoms with E-state index in [-0.39, 0.29) is 5.95 Å². The molecule has 4 aromatic rings. The first-order valence-corrected chi connectivity index (χ1v) is 9.03. The lowest BCUT2D eigenvalue weighted by molar-refractivity contribution is 0.560. The van der Waals surface area contributed by atoms with Gasteiger partial charge >= 0.3 is 0 Å². The Morgan fingerprint density at radius 3 is 2.48 bits per heavy atom.